The van der Waals surface area contributed by atoms with Gasteiger partial charge in [0.05, 0.1) is 0 Å². The van der Waals surface area contributed by atoms with E-state index in [1.807, 2.05) is 6.92 Å². The van der Waals surface area contributed by atoms with Crippen LogP contribution in [0.4, 0.5) is 0 Å². The molecule has 0 saturated carbocycles. The van der Waals surface area contributed by atoms with Gasteiger partial charge in [-0.05, 0) is 44.2 Å². The first-order valence-corrected chi connectivity index (χ1v) is 5.23. The van der Waals surface area contributed by atoms with Crippen LogP contribution in [0.2, 0.25) is 0 Å². The van der Waals surface area contributed by atoms with E-state index >= 15 is 0 Å². The van der Waals surface area contributed by atoms with Crippen molar-refractivity contribution >= 4 is 28.4 Å². The van der Waals surface area contributed by atoms with Crippen molar-refractivity contribution in [3.8, 4) is 0 Å². The van der Waals surface area contributed by atoms with Crippen molar-refractivity contribution < 1.29 is 4.79 Å². The lowest BCUT2D eigenvalue weighted by molar-refractivity contribution is -0.112. The maximum absolute atomic E-state index is 10.7. The molecule has 3 heteroatoms. The Bertz CT molecular complexity index is 195. The monoisotopic (exact) mass is 222 g/mol. The molecule has 0 fully saturated rings. The summed E-state index contributed by atoms with van der Waals surface area (Å²) in [5.41, 5.74) is 1.29. The third-order valence-electron chi connectivity index (χ3n) is 1.89. The van der Waals surface area contributed by atoms with Crippen molar-refractivity contribution in [2.75, 3.05) is 0 Å². The van der Waals surface area contributed by atoms with Crippen LogP contribution in [0.5, 0.6) is 0 Å². The Kier molecular flexibility index (Phi) is 6.44. The maximum atomic E-state index is 10.7. The topological polar surface area (TPSA) is 17.1 Å². The van der Waals surface area contributed by atoms with Gasteiger partial charge in [0.1, 0.15) is 5.38 Å². The zero-order chi connectivity index (χ0) is 10.4. The normalized spacial score (nSPS) is 14.8. The highest BCUT2D eigenvalue weighted by molar-refractivity contribution is 6.69. The second kappa shape index (κ2) is 6.44. The molecule has 2 atom stereocenters. The van der Waals surface area contributed by atoms with Crippen LogP contribution in [-0.2, 0) is 4.79 Å². The summed E-state index contributed by atoms with van der Waals surface area (Å²) < 4.78 is 0. The summed E-state index contributed by atoms with van der Waals surface area (Å²) in [5, 5.41) is -1.00. The van der Waals surface area contributed by atoms with Crippen LogP contribution >= 0.6 is 23.2 Å². The number of halogens is 2. The number of alkyl halides is 1. The van der Waals surface area contributed by atoms with Gasteiger partial charge in [0.25, 0.3) is 0 Å². The Hall–Kier alpha value is -0.0100. The SMILES string of the molecule is CC(C)=CCCC(C)C(Cl)C(=O)Cl. The highest BCUT2D eigenvalue weighted by Gasteiger charge is 2.19. The molecule has 0 aliphatic carbocycles. The number of rotatable bonds is 5. The molecule has 1 nitrogen and oxygen atoms in total. The molecular weight excluding hydrogens is 207 g/mol. The molecule has 0 saturated heterocycles. The quantitative estimate of drug-likeness (QED) is 0.394. The Labute approximate surface area is 90.1 Å². The van der Waals surface area contributed by atoms with E-state index in [-0.39, 0.29) is 5.92 Å². The van der Waals surface area contributed by atoms with Crippen molar-refractivity contribution in [2.45, 2.75) is 39.0 Å². The minimum absolute atomic E-state index is 0.141. The highest BCUT2D eigenvalue weighted by Crippen LogP contribution is 2.19. The van der Waals surface area contributed by atoms with Crippen LogP contribution in [0.15, 0.2) is 11.6 Å². The first kappa shape index (κ1) is 13.0. The molecule has 0 aliphatic rings. The van der Waals surface area contributed by atoms with Crippen molar-refractivity contribution in [2.24, 2.45) is 5.92 Å². The van der Waals surface area contributed by atoms with Crippen LogP contribution < -0.4 is 0 Å². The van der Waals surface area contributed by atoms with E-state index < -0.39 is 10.6 Å². The van der Waals surface area contributed by atoms with Crippen LogP contribution in [0.3, 0.4) is 0 Å². The minimum Gasteiger partial charge on any atom is -0.280 e. The average Bonchev–Trinajstić information content (AvgIpc) is 2.02. The largest absolute Gasteiger partial charge is 0.280 e. The molecule has 13 heavy (non-hydrogen) atoms. The van der Waals surface area contributed by atoms with Crippen molar-refractivity contribution in [3.63, 3.8) is 0 Å². The number of allylic oxidation sites excluding steroid dienone is 2. The van der Waals surface area contributed by atoms with Gasteiger partial charge in [0.2, 0.25) is 5.24 Å². The van der Waals surface area contributed by atoms with Gasteiger partial charge in [0, 0.05) is 0 Å². The van der Waals surface area contributed by atoms with Crippen molar-refractivity contribution in [1.29, 1.82) is 0 Å². The van der Waals surface area contributed by atoms with Gasteiger partial charge in [-0.3, -0.25) is 4.79 Å². The summed E-state index contributed by atoms with van der Waals surface area (Å²) in [7, 11) is 0. The predicted molar refractivity (Wildman–Crippen MR) is 58.3 cm³/mol. The van der Waals surface area contributed by atoms with Crippen LogP contribution in [-0.4, -0.2) is 10.6 Å². The van der Waals surface area contributed by atoms with E-state index in [0.29, 0.717) is 0 Å². The maximum Gasteiger partial charge on any atom is 0.239 e. The lowest BCUT2D eigenvalue weighted by atomic mass is 10.0. The summed E-state index contributed by atoms with van der Waals surface area (Å²) in [6.07, 6.45) is 3.99. The van der Waals surface area contributed by atoms with E-state index in [1.165, 1.54) is 5.57 Å². The summed E-state index contributed by atoms with van der Waals surface area (Å²) in [6.45, 7) is 6.04. The predicted octanol–water partition coefficient (Wildman–Crippen LogP) is 3.74. The number of hydrogen-bond acceptors (Lipinski definition) is 1. The lowest BCUT2D eigenvalue weighted by Crippen LogP contribution is -2.17. The van der Waals surface area contributed by atoms with Crippen molar-refractivity contribution in [3.05, 3.63) is 11.6 Å². The fourth-order valence-corrected chi connectivity index (χ4v) is 1.35. The first-order chi connectivity index (χ1) is 5.95. The number of hydrogen-bond donors (Lipinski definition) is 0. The minimum atomic E-state index is -0.549. The summed E-state index contributed by atoms with van der Waals surface area (Å²) in [5.74, 6) is 0.141. The molecule has 0 bridgehead atoms. The van der Waals surface area contributed by atoms with Crippen LogP contribution in [0.25, 0.3) is 0 Å². The Morgan fingerprint density at radius 1 is 1.46 bits per heavy atom. The smallest absolute Gasteiger partial charge is 0.239 e. The molecule has 0 aromatic heterocycles. The van der Waals surface area contributed by atoms with Gasteiger partial charge >= 0.3 is 0 Å². The molecule has 0 radical (unpaired) electrons. The third kappa shape index (κ3) is 6.11. The second-order valence-electron chi connectivity index (χ2n) is 3.54. The first-order valence-electron chi connectivity index (χ1n) is 4.42. The molecule has 76 valence electrons. The van der Waals surface area contributed by atoms with E-state index in [0.717, 1.165) is 12.8 Å². The van der Waals surface area contributed by atoms with E-state index in [2.05, 4.69) is 19.9 Å². The number of carbonyl (C=O) groups excluding carboxylic acids is 1. The lowest BCUT2D eigenvalue weighted by Gasteiger charge is -2.12. The molecule has 0 heterocycles. The zero-order valence-corrected chi connectivity index (χ0v) is 9.82. The molecule has 0 aromatic carbocycles. The standard InChI is InChI=1S/C10H16Cl2O/c1-7(2)5-4-6-8(3)9(11)10(12)13/h5,8-9H,4,6H2,1-3H3. The van der Waals surface area contributed by atoms with Crippen LogP contribution in [0, 0.1) is 5.92 Å². The zero-order valence-electron chi connectivity index (χ0n) is 8.31. The van der Waals surface area contributed by atoms with Gasteiger partial charge in [-0.1, -0.05) is 18.6 Å². The average molecular weight is 223 g/mol. The van der Waals surface area contributed by atoms with Gasteiger partial charge in [-0.15, -0.1) is 11.6 Å². The van der Waals surface area contributed by atoms with Gasteiger partial charge in [-0.25, -0.2) is 0 Å². The second-order valence-corrected chi connectivity index (χ2v) is 4.38. The fraction of sp³-hybridized carbons (Fsp3) is 0.700. The molecule has 0 aromatic rings. The van der Waals surface area contributed by atoms with E-state index in [9.17, 15) is 4.79 Å². The summed E-state index contributed by atoms with van der Waals surface area (Å²) in [4.78, 5) is 10.7. The molecule has 0 spiro atoms. The molecule has 0 N–H and O–H groups in total. The van der Waals surface area contributed by atoms with Crippen LogP contribution in [0.1, 0.15) is 33.6 Å². The summed E-state index contributed by atoms with van der Waals surface area (Å²) >= 11 is 11.1. The molecule has 0 rings (SSSR count). The van der Waals surface area contributed by atoms with Gasteiger partial charge < -0.3 is 0 Å². The Morgan fingerprint density at radius 2 is 2.00 bits per heavy atom. The third-order valence-corrected chi connectivity index (χ3v) is 2.87. The highest BCUT2D eigenvalue weighted by atomic mass is 35.5. The summed E-state index contributed by atoms with van der Waals surface area (Å²) in [6, 6.07) is 0. The van der Waals surface area contributed by atoms with Gasteiger partial charge in [0.15, 0.2) is 0 Å². The van der Waals surface area contributed by atoms with Crippen molar-refractivity contribution in [1.82, 2.24) is 0 Å². The Morgan fingerprint density at radius 3 is 2.38 bits per heavy atom. The number of carbonyl (C=O) groups is 1. The Balaban J connectivity index is 3.81. The fourth-order valence-electron chi connectivity index (χ4n) is 1.00. The molecule has 2 unspecified atom stereocenters. The molecule has 0 amide bonds. The van der Waals surface area contributed by atoms with E-state index in [4.69, 9.17) is 23.2 Å². The molecular formula is C10H16Cl2O. The molecule has 0 aliphatic heterocycles. The van der Waals surface area contributed by atoms with E-state index in [1.54, 1.807) is 0 Å². The van der Waals surface area contributed by atoms with Gasteiger partial charge in [-0.2, -0.15) is 0 Å².